The summed E-state index contributed by atoms with van der Waals surface area (Å²) in [6.07, 6.45) is 5.50. The molecule has 2 aliphatic heterocycles. The second kappa shape index (κ2) is 9.52. The second-order valence-corrected chi connectivity index (χ2v) is 10.0. The molecule has 4 rings (SSSR count). The quantitative estimate of drug-likeness (QED) is 0.657. The molecule has 3 amide bonds. The molecule has 1 saturated carbocycles. The maximum atomic E-state index is 13.8. The molecule has 2 heterocycles. The summed E-state index contributed by atoms with van der Waals surface area (Å²) in [5, 5.41) is 10.6. The number of halogens is 1. The van der Waals surface area contributed by atoms with Crippen molar-refractivity contribution in [3.05, 3.63) is 34.9 Å². The minimum absolute atomic E-state index is 0.0111. The van der Waals surface area contributed by atoms with Crippen LogP contribution in [0.25, 0.3) is 0 Å². The van der Waals surface area contributed by atoms with E-state index in [1.807, 2.05) is 6.92 Å². The van der Waals surface area contributed by atoms with E-state index in [1.165, 1.54) is 4.90 Å². The van der Waals surface area contributed by atoms with Gasteiger partial charge in [-0.25, -0.2) is 0 Å². The van der Waals surface area contributed by atoms with E-state index in [4.69, 9.17) is 11.6 Å². The SMILES string of the molecule is CC[C@H](O)C1CCN(C(=O)C[C@]2(c3ccccc3Cl)CC(=O)N(C3CCCC3)C2=O)CC1. The smallest absolute Gasteiger partial charge is 0.241 e. The number of likely N-dealkylation sites (tertiary alicyclic amines) is 2. The summed E-state index contributed by atoms with van der Waals surface area (Å²) in [5.41, 5.74) is -0.667. The van der Waals surface area contributed by atoms with E-state index in [0.717, 1.165) is 38.5 Å². The van der Waals surface area contributed by atoms with Gasteiger partial charge in [-0.05, 0) is 49.7 Å². The molecule has 32 heavy (non-hydrogen) atoms. The number of carbonyl (C=O) groups excluding carboxylic acids is 3. The van der Waals surface area contributed by atoms with E-state index in [1.54, 1.807) is 29.2 Å². The first kappa shape index (κ1) is 23.2. The van der Waals surface area contributed by atoms with Crippen LogP contribution < -0.4 is 0 Å². The van der Waals surface area contributed by atoms with Gasteiger partial charge in [-0.3, -0.25) is 19.3 Å². The lowest BCUT2D eigenvalue weighted by Gasteiger charge is -2.36. The maximum absolute atomic E-state index is 13.8. The van der Waals surface area contributed by atoms with Gasteiger partial charge in [0.25, 0.3) is 0 Å². The molecular weight excluding hydrogens is 428 g/mol. The molecule has 174 valence electrons. The summed E-state index contributed by atoms with van der Waals surface area (Å²) in [6.45, 7) is 3.09. The van der Waals surface area contributed by atoms with E-state index < -0.39 is 5.41 Å². The third kappa shape index (κ3) is 4.19. The molecule has 7 heteroatoms. The number of rotatable bonds is 6. The summed E-state index contributed by atoms with van der Waals surface area (Å²) >= 11 is 6.52. The lowest BCUT2D eigenvalue weighted by molar-refractivity contribution is -0.145. The van der Waals surface area contributed by atoms with Crippen LogP contribution in [0, 0.1) is 5.92 Å². The number of hydrogen-bond donors (Lipinski definition) is 1. The molecule has 0 bridgehead atoms. The van der Waals surface area contributed by atoms with Gasteiger partial charge in [0.15, 0.2) is 0 Å². The largest absolute Gasteiger partial charge is 0.393 e. The Morgan fingerprint density at radius 3 is 2.44 bits per heavy atom. The lowest BCUT2D eigenvalue weighted by atomic mass is 9.75. The van der Waals surface area contributed by atoms with Crippen LogP contribution >= 0.6 is 11.6 Å². The van der Waals surface area contributed by atoms with Crippen molar-refractivity contribution in [2.45, 2.75) is 82.3 Å². The zero-order chi connectivity index (χ0) is 22.9. The Kier molecular flexibility index (Phi) is 6.91. The van der Waals surface area contributed by atoms with Gasteiger partial charge in [0.05, 0.1) is 11.5 Å². The molecule has 1 aromatic rings. The number of aliphatic hydroxyl groups excluding tert-OH is 1. The van der Waals surface area contributed by atoms with Gasteiger partial charge >= 0.3 is 0 Å². The summed E-state index contributed by atoms with van der Waals surface area (Å²) in [4.78, 5) is 43.5. The van der Waals surface area contributed by atoms with E-state index in [2.05, 4.69) is 0 Å². The number of piperidine rings is 1. The van der Waals surface area contributed by atoms with Crippen LogP contribution in [0.2, 0.25) is 5.02 Å². The summed E-state index contributed by atoms with van der Waals surface area (Å²) in [6, 6.07) is 7.03. The van der Waals surface area contributed by atoms with Gasteiger partial charge in [0, 0.05) is 37.0 Å². The van der Waals surface area contributed by atoms with Gasteiger partial charge in [-0.1, -0.05) is 49.6 Å². The van der Waals surface area contributed by atoms with Crippen molar-refractivity contribution >= 4 is 29.3 Å². The third-order valence-electron chi connectivity index (χ3n) is 7.74. The first-order chi connectivity index (χ1) is 15.4. The number of benzene rings is 1. The Morgan fingerprint density at radius 2 is 1.81 bits per heavy atom. The Hall–Kier alpha value is -1.92. The third-order valence-corrected chi connectivity index (χ3v) is 8.07. The number of imide groups is 1. The summed E-state index contributed by atoms with van der Waals surface area (Å²) in [7, 11) is 0. The van der Waals surface area contributed by atoms with Crippen molar-refractivity contribution in [2.75, 3.05) is 13.1 Å². The van der Waals surface area contributed by atoms with E-state index in [0.29, 0.717) is 30.1 Å². The van der Waals surface area contributed by atoms with Crippen LogP contribution in [0.15, 0.2) is 24.3 Å². The first-order valence-corrected chi connectivity index (χ1v) is 12.3. The van der Waals surface area contributed by atoms with Gasteiger partial charge in [-0.2, -0.15) is 0 Å². The van der Waals surface area contributed by atoms with Gasteiger partial charge in [0.1, 0.15) is 0 Å². The average Bonchev–Trinajstić information content (AvgIpc) is 3.40. The monoisotopic (exact) mass is 460 g/mol. The van der Waals surface area contributed by atoms with E-state index >= 15 is 0 Å². The molecule has 3 fully saturated rings. The van der Waals surface area contributed by atoms with Crippen molar-refractivity contribution in [1.82, 2.24) is 9.80 Å². The van der Waals surface area contributed by atoms with Crippen LogP contribution in [0.3, 0.4) is 0 Å². The Labute approximate surface area is 194 Å². The van der Waals surface area contributed by atoms with Crippen molar-refractivity contribution in [2.24, 2.45) is 5.92 Å². The highest BCUT2D eigenvalue weighted by Gasteiger charge is 2.56. The highest BCUT2D eigenvalue weighted by Crippen LogP contribution is 2.45. The number of aliphatic hydroxyl groups is 1. The topological polar surface area (TPSA) is 77.9 Å². The highest BCUT2D eigenvalue weighted by atomic mass is 35.5. The number of amides is 3. The number of hydrogen-bond acceptors (Lipinski definition) is 4. The normalized spacial score (nSPS) is 26.2. The molecule has 3 aliphatic rings. The van der Waals surface area contributed by atoms with Crippen LogP contribution in [0.1, 0.15) is 70.3 Å². The van der Waals surface area contributed by atoms with Crippen molar-refractivity contribution < 1.29 is 19.5 Å². The van der Waals surface area contributed by atoms with E-state index in [-0.39, 0.29) is 48.6 Å². The molecule has 0 aromatic heterocycles. The fourth-order valence-corrected chi connectivity index (χ4v) is 6.14. The zero-order valence-corrected chi connectivity index (χ0v) is 19.5. The van der Waals surface area contributed by atoms with Crippen LogP contribution in [-0.4, -0.2) is 57.9 Å². The molecule has 0 radical (unpaired) electrons. The van der Waals surface area contributed by atoms with Gasteiger partial charge < -0.3 is 10.0 Å². The van der Waals surface area contributed by atoms with Crippen LogP contribution in [0.4, 0.5) is 0 Å². The second-order valence-electron chi connectivity index (χ2n) is 9.62. The molecule has 6 nitrogen and oxygen atoms in total. The van der Waals surface area contributed by atoms with Crippen LogP contribution in [0.5, 0.6) is 0 Å². The highest BCUT2D eigenvalue weighted by molar-refractivity contribution is 6.32. The predicted molar refractivity (Wildman–Crippen MR) is 122 cm³/mol. The lowest BCUT2D eigenvalue weighted by Crippen LogP contribution is -2.47. The van der Waals surface area contributed by atoms with Crippen molar-refractivity contribution in [3.63, 3.8) is 0 Å². The number of nitrogens with zero attached hydrogens (tertiary/aromatic N) is 2. The fraction of sp³-hybridized carbons (Fsp3) is 0.640. The van der Waals surface area contributed by atoms with Crippen LogP contribution in [-0.2, 0) is 19.8 Å². The Morgan fingerprint density at radius 1 is 1.16 bits per heavy atom. The standard InChI is InChI=1S/C25H33ClN2O4/c1-2-21(29)17-11-13-27(14-12-17)22(30)15-25(19-9-5-6-10-20(19)26)16-23(31)28(24(25)32)18-7-3-4-8-18/h5-6,9-10,17-18,21,29H,2-4,7-8,11-16H2,1H3/t21-,25+/m0/s1. The average molecular weight is 461 g/mol. The Bertz CT molecular complexity index is 876. The van der Waals surface area contributed by atoms with E-state index in [9.17, 15) is 19.5 Å². The fourth-order valence-electron chi connectivity index (χ4n) is 5.82. The first-order valence-electron chi connectivity index (χ1n) is 11.9. The minimum Gasteiger partial charge on any atom is -0.393 e. The molecular formula is C25H33ClN2O4. The summed E-state index contributed by atoms with van der Waals surface area (Å²) in [5.74, 6) is -0.385. The van der Waals surface area contributed by atoms with Gasteiger partial charge in [0.2, 0.25) is 17.7 Å². The minimum atomic E-state index is -1.24. The van der Waals surface area contributed by atoms with Crippen molar-refractivity contribution in [1.29, 1.82) is 0 Å². The predicted octanol–water partition coefficient (Wildman–Crippen LogP) is 3.68. The molecule has 0 spiro atoms. The zero-order valence-electron chi connectivity index (χ0n) is 18.8. The molecule has 2 atom stereocenters. The maximum Gasteiger partial charge on any atom is 0.241 e. The molecule has 2 saturated heterocycles. The molecule has 1 aliphatic carbocycles. The van der Waals surface area contributed by atoms with Crippen molar-refractivity contribution in [3.8, 4) is 0 Å². The molecule has 1 aromatic carbocycles. The molecule has 0 unspecified atom stereocenters. The van der Waals surface area contributed by atoms with Gasteiger partial charge in [-0.15, -0.1) is 0 Å². The number of carbonyl (C=O) groups is 3. The Balaban J connectivity index is 1.59. The summed E-state index contributed by atoms with van der Waals surface area (Å²) < 4.78 is 0. The molecule has 1 N–H and O–H groups in total.